The maximum Gasteiger partial charge on any atom is 0.327 e. The van der Waals surface area contributed by atoms with Crippen LogP contribution in [0.15, 0.2) is 0 Å². The first-order chi connectivity index (χ1) is 6.53. The van der Waals surface area contributed by atoms with Gasteiger partial charge in [0.05, 0.1) is 13.2 Å². The number of nitrogens with zero attached hydrogens (tertiary/aromatic N) is 1. The zero-order valence-electron chi connectivity index (χ0n) is 7.97. The number of hydrogen-bond donors (Lipinski definition) is 0. The second kappa shape index (κ2) is 4.97. The maximum absolute atomic E-state index is 12.7. The molecule has 0 spiro atoms. The van der Waals surface area contributed by atoms with E-state index in [2.05, 4.69) is 0 Å². The van der Waals surface area contributed by atoms with Crippen molar-refractivity contribution in [2.45, 2.75) is 25.3 Å². The highest BCUT2D eigenvalue weighted by Crippen LogP contribution is 2.32. The lowest BCUT2D eigenvalue weighted by Crippen LogP contribution is -2.36. The number of carbonyl (C=O) groups excluding carboxylic acids is 2. The van der Waals surface area contributed by atoms with E-state index in [1.807, 2.05) is 0 Å². The molecule has 0 N–H and O–H groups in total. The van der Waals surface area contributed by atoms with E-state index in [0.717, 1.165) is 4.90 Å². The summed E-state index contributed by atoms with van der Waals surface area (Å²) in [5, 5.41) is 0. The molecule has 1 amide bonds. The molecule has 0 saturated carbocycles. The quantitative estimate of drug-likeness (QED) is 0.639. The Bertz CT molecular complexity index is 221. The summed E-state index contributed by atoms with van der Waals surface area (Å²) in [6, 6.07) is -0.947. The number of aldehydes is 1. The molecule has 0 aromatic rings. The number of hydrogen-bond acceptors (Lipinski definition) is 2. The summed E-state index contributed by atoms with van der Waals surface area (Å²) >= 11 is 0. The summed E-state index contributed by atoms with van der Waals surface area (Å²) in [6.45, 7) is 1.72. The summed E-state index contributed by atoms with van der Waals surface area (Å²) in [4.78, 5) is 22.0. The fraction of sp³-hybridized carbons (Fsp3) is 0.750. The first-order valence-electron chi connectivity index (χ1n) is 4.05. The van der Waals surface area contributed by atoms with Crippen molar-refractivity contribution in [2.24, 2.45) is 0 Å². The standard InChI is InChI=1S/C7H9F2NO2.CH3F/c1-2-10-5(4-11)3-7(8,9)6(10)12;1-2/h4-5H,2-3H2,1H3;1H3. The zero-order chi connectivity index (χ0) is 11.4. The van der Waals surface area contributed by atoms with Crippen LogP contribution in [0.4, 0.5) is 13.2 Å². The van der Waals surface area contributed by atoms with E-state index in [-0.39, 0.29) is 6.54 Å². The minimum atomic E-state index is -3.35. The Balaban J connectivity index is 0.000000791. The average Bonchev–Trinajstić information content (AvgIpc) is 2.41. The van der Waals surface area contributed by atoms with Crippen LogP contribution in [0.5, 0.6) is 0 Å². The van der Waals surface area contributed by atoms with Gasteiger partial charge in [-0.15, -0.1) is 0 Å². The molecule has 1 unspecified atom stereocenters. The molecule has 0 aliphatic carbocycles. The largest absolute Gasteiger partial charge is 0.328 e. The van der Waals surface area contributed by atoms with Gasteiger partial charge in [-0.05, 0) is 6.92 Å². The van der Waals surface area contributed by atoms with E-state index in [1.165, 1.54) is 0 Å². The highest BCUT2D eigenvalue weighted by atomic mass is 19.3. The van der Waals surface area contributed by atoms with Gasteiger partial charge in [-0.2, -0.15) is 8.78 Å². The topological polar surface area (TPSA) is 37.4 Å². The first-order valence-corrected chi connectivity index (χ1v) is 4.05. The van der Waals surface area contributed by atoms with Crippen molar-refractivity contribution >= 4 is 12.2 Å². The smallest absolute Gasteiger partial charge is 0.327 e. The number of carbonyl (C=O) groups is 2. The summed E-state index contributed by atoms with van der Waals surface area (Å²) in [7, 11) is 0.500. The van der Waals surface area contributed by atoms with E-state index in [1.54, 1.807) is 6.92 Å². The van der Waals surface area contributed by atoms with Crippen LogP contribution >= 0.6 is 0 Å². The third-order valence-corrected chi connectivity index (χ3v) is 1.94. The van der Waals surface area contributed by atoms with Crippen molar-refractivity contribution in [1.82, 2.24) is 4.90 Å². The van der Waals surface area contributed by atoms with E-state index in [0.29, 0.717) is 13.5 Å². The van der Waals surface area contributed by atoms with Crippen molar-refractivity contribution in [3.63, 3.8) is 0 Å². The summed E-state index contributed by atoms with van der Waals surface area (Å²) < 4.78 is 34.8. The van der Waals surface area contributed by atoms with Crippen LogP contribution in [0.3, 0.4) is 0 Å². The number of rotatable bonds is 2. The Morgan fingerprint density at radius 1 is 1.57 bits per heavy atom. The third kappa shape index (κ3) is 2.24. The Morgan fingerprint density at radius 2 is 2.07 bits per heavy atom. The minimum Gasteiger partial charge on any atom is -0.328 e. The second-order valence-corrected chi connectivity index (χ2v) is 2.70. The molecule has 0 aromatic heterocycles. The summed E-state index contributed by atoms with van der Waals surface area (Å²) in [5.74, 6) is -4.58. The van der Waals surface area contributed by atoms with Crippen molar-refractivity contribution in [2.75, 3.05) is 13.7 Å². The van der Waals surface area contributed by atoms with Crippen LogP contribution in [0.2, 0.25) is 0 Å². The van der Waals surface area contributed by atoms with E-state index >= 15 is 0 Å². The molecular formula is C8H12F3NO2. The van der Waals surface area contributed by atoms with Crippen LogP contribution in [-0.2, 0) is 9.59 Å². The second-order valence-electron chi connectivity index (χ2n) is 2.70. The Kier molecular flexibility index (Phi) is 4.59. The fourth-order valence-electron chi connectivity index (χ4n) is 1.32. The van der Waals surface area contributed by atoms with E-state index in [4.69, 9.17) is 0 Å². The third-order valence-electron chi connectivity index (χ3n) is 1.94. The van der Waals surface area contributed by atoms with Gasteiger partial charge >= 0.3 is 5.92 Å². The Labute approximate surface area is 79.9 Å². The van der Waals surface area contributed by atoms with Crippen LogP contribution in [0, 0.1) is 0 Å². The van der Waals surface area contributed by atoms with Crippen LogP contribution < -0.4 is 0 Å². The molecule has 82 valence electrons. The average molecular weight is 211 g/mol. The highest BCUT2D eigenvalue weighted by molar-refractivity contribution is 5.89. The van der Waals surface area contributed by atoms with Gasteiger partial charge in [0.25, 0.3) is 5.91 Å². The molecule has 6 heteroatoms. The molecule has 14 heavy (non-hydrogen) atoms. The molecule has 1 atom stereocenters. The lowest BCUT2D eigenvalue weighted by atomic mass is 10.2. The van der Waals surface area contributed by atoms with Crippen molar-refractivity contribution in [3.8, 4) is 0 Å². The molecule has 0 radical (unpaired) electrons. The molecular weight excluding hydrogens is 199 g/mol. The minimum absolute atomic E-state index is 0.151. The number of halogens is 3. The lowest BCUT2D eigenvalue weighted by Gasteiger charge is -2.16. The van der Waals surface area contributed by atoms with Gasteiger partial charge < -0.3 is 9.69 Å². The molecule has 0 aromatic carbocycles. The van der Waals surface area contributed by atoms with Crippen molar-refractivity contribution < 1.29 is 22.8 Å². The van der Waals surface area contributed by atoms with Gasteiger partial charge in [0.15, 0.2) is 0 Å². The molecule has 1 saturated heterocycles. The Morgan fingerprint density at radius 3 is 2.36 bits per heavy atom. The van der Waals surface area contributed by atoms with Crippen LogP contribution in [0.25, 0.3) is 0 Å². The number of likely N-dealkylation sites (N-methyl/N-ethyl adjacent to an activating group) is 1. The normalized spacial score (nSPS) is 24.2. The molecule has 1 heterocycles. The van der Waals surface area contributed by atoms with Gasteiger partial charge in [-0.25, -0.2) is 0 Å². The summed E-state index contributed by atoms with van der Waals surface area (Å²) in [6.07, 6.45) is -0.286. The number of likely N-dealkylation sites (tertiary alicyclic amines) is 1. The van der Waals surface area contributed by atoms with Crippen LogP contribution in [-0.4, -0.2) is 42.8 Å². The molecule has 0 bridgehead atoms. The van der Waals surface area contributed by atoms with Crippen molar-refractivity contribution in [1.29, 1.82) is 0 Å². The van der Waals surface area contributed by atoms with E-state index < -0.39 is 24.3 Å². The molecule has 1 rings (SSSR count). The molecule has 3 nitrogen and oxygen atoms in total. The Hall–Kier alpha value is -1.07. The van der Waals surface area contributed by atoms with Crippen molar-refractivity contribution in [3.05, 3.63) is 0 Å². The monoisotopic (exact) mass is 211 g/mol. The van der Waals surface area contributed by atoms with Gasteiger partial charge in [-0.3, -0.25) is 9.18 Å². The van der Waals surface area contributed by atoms with Crippen LogP contribution in [0.1, 0.15) is 13.3 Å². The predicted molar refractivity (Wildman–Crippen MR) is 43.8 cm³/mol. The predicted octanol–water partition coefficient (Wildman–Crippen LogP) is 1.03. The fourth-order valence-corrected chi connectivity index (χ4v) is 1.32. The maximum atomic E-state index is 12.7. The van der Waals surface area contributed by atoms with Gasteiger partial charge in [0.1, 0.15) is 6.29 Å². The zero-order valence-corrected chi connectivity index (χ0v) is 7.97. The first kappa shape index (κ1) is 12.9. The molecule has 1 aliphatic heterocycles. The lowest BCUT2D eigenvalue weighted by molar-refractivity contribution is -0.148. The SMILES string of the molecule is CCN1C(=O)C(F)(F)CC1C=O.CF. The van der Waals surface area contributed by atoms with Gasteiger partial charge in [0, 0.05) is 13.0 Å². The van der Waals surface area contributed by atoms with Gasteiger partial charge in [0.2, 0.25) is 0 Å². The molecule has 1 aliphatic rings. The van der Waals surface area contributed by atoms with Gasteiger partial charge in [-0.1, -0.05) is 0 Å². The highest BCUT2D eigenvalue weighted by Gasteiger charge is 2.52. The van der Waals surface area contributed by atoms with E-state index in [9.17, 15) is 22.8 Å². The molecule has 1 fully saturated rings. The number of amides is 1. The number of alkyl halides is 3. The summed E-state index contributed by atoms with van der Waals surface area (Å²) in [5.41, 5.74) is 0.